The Morgan fingerprint density at radius 3 is 1.18 bits per heavy atom. The van der Waals surface area contributed by atoms with Gasteiger partial charge in [-0.3, -0.25) is 0 Å². The lowest BCUT2D eigenvalue weighted by Gasteiger charge is -2.26. The average molecular weight is 543 g/mol. The number of carboxylic acids is 2. The number of rotatable bonds is 4. The van der Waals surface area contributed by atoms with Gasteiger partial charge in [0.05, 0.1) is 0 Å². The van der Waals surface area contributed by atoms with Crippen LogP contribution in [0.2, 0.25) is 0 Å². The van der Waals surface area contributed by atoms with Crippen LogP contribution in [0.1, 0.15) is 80.1 Å². The van der Waals surface area contributed by atoms with E-state index in [0.29, 0.717) is 11.8 Å². The largest absolute Gasteiger partial charge is 0.473 e. The molecule has 2 amide bonds. The molecule has 0 radical (unpaired) electrons. The zero-order valence-electron chi connectivity index (χ0n) is 23.6. The molecule has 4 rings (SSSR count). The monoisotopic (exact) mass is 542 g/mol. The summed E-state index contributed by atoms with van der Waals surface area (Å²) in [5.74, 6) is -2.48. The fraction of sp³-hybridized carbons (Fsp3) is 0.846. The Balaban J connectivity index is 0.000000221. The van der Waals surface area contributed by atoms with Gasteiger partial charge in [0.15, 0.2) is 0 Å². The molecule has 12 nitrogen and oxygen atoms in total. The molecule has 0 spiro atoms. The van der Waals surface area contributed by atoms with E-state index in [4.69, 9.17) is 29.3 Å². The lowest BCUT2D eigenvalue weighted by molar-refractivity contribution is -0.159. The summed E-state index contributed by atoms with van der Waals surface area (Å²) >= 11 is 0. The molecule has 2 aliphatic heterocycles. The fourth-order valence-corrected chi connectivity index (χ4v) is 4.81. The number of nitrogens with one attached hydrogen (secondary N) is 4. The van der Waals surface area contributed by atoms with E-state index in [0.717, 1.165) is 64.7 Å². The molecule has 4 aliphatic rings. The smallest absolute Gasteiger partial charge is 0.414 e. The van der Waals surface area contributed by atoms with Crippen molar-refractivity contribution in [3.63, 3.8) is 0 Å². The van der Waals surface area contributed by atoms with Crippen molar-refractivity contribution in [2.75, 3.05) is 26.2 Å². The summed E-state index contributed by atoms with van der Waals surface area (Å²) in [7, 11) is 0. The number of aliphatic carboxylic acids is 2. The zero-order chi connectivity index (χ0) is 28.8. The minimum Gasteiger partial charge on any atom is -0.473 e. The van der Waals surface area contributed by atoms with Crippen molar-refractivity contribution in [3.8, 4) is 0 Å². The Kier molecular flexibility index (Phi) is 10.4. The number of carbonyl (C=O) groups is 4. The molecule has 2 saturated heterocycles. The number of hydrogen-bond acceptors (Lipinski definition) is 8. The van der Waals surface area contributed by atoms with Crippen molar-refractivity contribution in [1.29, 1.82) is 0 Å². The highest BCUT2D eigenvalue weighted by Gasteiger charge is 2.52. The summed E-state index contributed by atoms with van der Waals surface area (Å²) in [6.07, 6.45) is 6.17. The maximum Gasteiger partial charge on any atom is 0.414 e. The normalized spacial score (nSPS) is 24.4. The summed E-state index contributed by atoms with van der Waals surface area (Å²) < 4.78 is 10.6. The van der Waals surface area contributed by atoms with E-state index in [1.165, 1.54) is 0 Å². The Hall–Kier alpha value is -2.60. The van der Waals surface area contributed by atoms with E-state index in [1.54, 1.807) is 0 Å². The lowest BCUT2D eigenvalue weighted by atomic mass is 9.96. The number of amides is 2. The standard InChI is InChI=1S/2C12H22N2O2.C2H2O4/c2*1-11(2,3)16-10(15)14-12(5-6-12)9-4-7-13-8-9;3-1(4)2(5)6/h2*9,13H,4-8H2,1-3H3,(H,14,15);(H,3,4)(H,5,6)/t2*9-;/m11./s1. The highest BCUT2D eigenvalue weighted by molar-refractivity contribution is 6.27. The summed E-state index contributed by atoms with van der Waals surface area (Å²) in [6, 6.07) is 0. The molecule has 2 atom stereocenters. The van der Waals surface area contributed by atoms with Crippen LogP contribution in [0.4, 0.5) is 9.59 Å². The maximum atomic E-state index is 11.7. The molecular formula is C26H46N4O8. The highest BCUT2D eigenvalue weighted by Crippen LogP contribution is 2.45. The number of ether oxygens (including phenoxy) is 2. The van der Waals surface area contributed by atoms with Crippen molar-refractivity contribution in [1.82, 2.24) is 21.3 Å². The minimum absolute atomic E-state index is 0.0336. The topological polar surface area (TPSA) is 175 Å². The molecule has 38 heavy (non-hydrogen) atoms. The molecule has 0 bridgehead atoms. The van der Waals surface area contributed by atoms with Crippen LogP contribution in [0.15, 0.2) is 0 Å². The second-order valence-corrected chi connectivity index (χ2v) is 12.6. The number of alkyl carbamates (subject to hydrolysis) is 2. The van der Waals surface area contributed by atoms with Crippen molar-refractivity contribution in [2.45, 2.75) is 102 Å². The molecule has 2 saturated carbocycles. The van der Waals surface area contributed by atoms with Crippen LogP contribution in [0.5, 0.6) is 0 Å². The Morgan fingerprint density at radius 2 is 1.00 bits per heavy atom. The number of carbonyl (C=O) groups excluding carboxylic acids is 2. The first-order valence-corrected chi connectivity index (χ1v) is 13.4. The van der Waals surface area contributed by atoms with Crippen LogP contribution in [0.25, 0.3) is 0 Å². The van der Waals surface area contributed by atoms with Gasteiger partial charge in [0.25, 0.3) is 0 Å². The van der Waals surface area contributed by atoms with Crippen LogP contribution < -0.4 is 21.3 Å². The van der Waals surface area contributed by atoms with E-state index >= 15 is 0 Å². The summed E-state index contributed by atoms with van der Waals surface area (Å²) in [6.45, 7) is 15.5. The third kappa shape index (κ3) is 10.6. The van der Waals surface area contributed by atoms with Crippen molar-refractivity contribution in [3.05, 3.63) is 0 Å². The van der Waals surface area contributed by atoms with E-state index in [-0.39, 0.29) is 23.3 Å². The molecule has 2 heterocycles. The minimum atomic E-state index is -1.82. The summed E-state index contributed by atoms with van der Waals surface area (Å²) in [5, 5.41) is 27.6. The van der Waals surface area contributed by atoms with Crippen LogP contribution in [0, 0.1) is 11.8 Å². The van der Waals surface area contributed by atoms with Crippen LogP contribution in [-0.4, -0.2) is 82.8 Å². The van der Waals surface area contributed by atoms with Gasteiger partial charge in [-0.15, -0.1) is 0 Å². The third-order valence-electron chi connectivity index (χ3n) is 6.94. The van der Waals surface area contributed by atoms with Crippen LogP contribution >= 0.6 is 0 Å². The van der Waals surface area contributed by atoms with Crippen molar-refractivity contribution in [2.24, 2.45) is 11.8 Å². The van der Waals surface area contributed by atoms with Gasteiger partial charge in [-0.05, 0) is 105 Å². The van der Waals surface area contributed by atoms with Gasteiger partial charge >= 0.3 is 24.1 Å². The molecule has 0 unspecified atom stereocenters. The van der Waals surface area contributed by atoms with Gasteiger partial charge in [0.1, 0.15) is 11.2 Å². The van der Waals surface area contributed by atoms with Gasteiger partial charge < -0.3 is 41.0 Å². The molecular weight excluding hydrogens is 496 g/mol. The van der Waals surface area contributed by atoms with E-state index < -0.39 is 23.1 Å². The molecule has 6 N–H and O–H groups in total. The average Bonchev–Trinajstić information content (AvgIpc) is 3.53. The quantitative estimate of drug-likeness (QED) is 0.289. The highest BCUT2D eigenvalue weighted by atomic mass is 16.6. The predicted octanol–water partition coefficient (Wildman–Crippen LogP) is 2.46. The van der Waals surface area contributed by atoms with Crippen LogP contribution in [0.3, 0.4) is 0 Å². The molecule has 4 fully saturated rings. The van der Waals surface area contributed by atoms with Gasteiger partial charge in [-0.25, -0.2) is 19.2 Å². The summed E-state index contributed by atoms with van der Waals surface area (Å²) in [4.78, 5) is 41.6. The first-order valence-electron chi connectivity index (χ1n) is 13.4. The molecule has 12 heteroatoms. The van der Waals surface area contributed by atoms with E-state index in [2.05, 4.69) is 21.3 Å². The van der Waals surface area contributed by atoms with E-state index in [9.17, 15) is 9.59 Å². The third-order valence-corrected chi connectivity index (χ3v) is 6.94. The van der Waals surface area contributed by atoms with E-state index in [1.807, 2.05) is 41.5 Å². The lowest BCUT2D eigenvalue weighted by Crippen LogP contribution is -2.45. The molecule has 0 aromatic heterocycles. The second-order valence-electron chi connectivity index (χ2n) is 12.6. The van der Waals surface area contributed by atoms with Crippen molar-refractivity contribution >= 4 is 24.1 Å². The first-order chi connectivity index (χ1) is 17.5. The Bertz CT molecular complexity index is 774. The van der Waals surface area contributed by atoms with Crippen molar-refractivity contribution < 1.29 is 38.9 Å². The SMILES string of the molecule is CC(C)(C)OC(=O)NC1([C@@H]2CCNC2)CC1.CC(C)(C)OC(=O)NC1([C@@H]2CCNC2)CC1.O=C(O)C(=O)O. The maximum absolute atomic E-state index is 11.7. The summed E-state index contributed by atoms with van der Waals surface area (Å²) in [5.41, 5.74) is -0.750. The van der Waals surface area contributed by atoms with Crippen LogP contribution in [-0.2, 0) is 19.1 Å². The number of carboxylic acid groups (broad SMARTS) is 2. The molecule has 2 aliphatic carbocycles. The van der Waals surface area contributed by atoms with Gasteiger partial charge in [-0.1, -0.05) is 0 Å². The first kappa shape index (κ1) is 31.6. The molecule has 0 aromatic rings. The van der Waals surface area contributed by atoms with Gasteiger partial charge in [0, 0.05) is 24.2 Å². The zero-order valence-corrected chi connectivity index (χ0v) is 23.6. The second kappa shape index (κ2) is 12.5. The predicted molar refractivity (Wildman–Crippen MR) is 140 cm³/mol. The van der Waals surface area contributed by atoms with Gasteiger partial charge in [-0.2, -0.15) is 0 Å². The molecule has 218 valence electrons. The Morgan fingerprint density at radius 1 is 0.684 bits per heavy atom. The molecule has 0 aromatic carbocycles. The number of hydrogen-bond donors (Lipinski definition) is 6. The fourth-order valence-electron chi connectivity index (χ4n) is 4.81. The Labute approximate surface area is 225 Å². The van der Waals surface area contributed by atoms with Gasteiger partial charge in [0.2, 0.25) is 0 Å².